The van der Waals surface area contributed by atoms with Crippen LogP contribution in [-0.2, 0) is 10.0 Å². The van der Waals surface area contributed by atoms with Crippen LogP contribution in [0.15, 0.2) is 125 Å². The lowest BCUT2D eigenvalue weighted by Gasteiger charge is -2.09. The standard InChI is InChI=1S/C28H21N9O2S2/c29-27-22(18-31-36(27)20-8-2-1-3-9-20)26-28(40)37(24-11-5-4-10-23(24)32-26)35-33-19-13-15-21(16-14-19)41(38,39)34-25-12-6-7-17-30-25/h1-18H,29H2,(H,30,34). The van der Waals surface area contributed by atoms with Gasteiger partial charge in [0.1, 0.15) is 17.3 Å². The van der Waals surface area contributed by atoms with Crippen LogP contribution in [0.25, 0.3) is 28.0 Å². The molecule has 0 unspecified atom stereocenters. The molecule has 0 saturated heterocycles. The van der Waals surface area contributed by atoms with Crippen molar-refractivity contribution in [2.75, 3.05) is 10.5 Å². The summed E-state index contributed by atoms with van der Waals surface area (Å²) in [5.74, 6) is 0.602. The lowest BCUT2D eigenvalue weighted by atomic mass is 10.2. The van der Waals surface area contributed by atoms with Crippen LogP contribution in [0.5, 0.6) is 0 Å². The van der Waals surface area contributed by atoms with Gasteiger partial charge in [-0.15, -0.1) is 5.11 Å². The first-order valence-electron chi connectivity index (χ1n) is 12.3. The van der Waals surface area contributed by atoms with Gasteiger partial charge in [-0.05, 0) is 60.7 Å². The average molecular weight is 580 g/mol. The van der Waals surface area contributed by atoms with Crippen molar-refractivity contribution in [1.82, 2.24) is 24.4 Å². The number of fused-ring (bicyclic) bond motifs is 1. The molecule has 13 heteroatoms. The normalized spacial score (nSPS) is 11.7. The third kappa shape index (κ3) is 5.18. The molecule has 11 nitrogen and oxygen atoms in total. The molecular weight excluding hydrogens is 559 g/mol. The van der Waals surface area contributed by atoms with E-state index in [1.807, 2.05) is 54.6 Å². The molecule has 0 radical (unpaired) electrons. The summed E-state index contributed by atoms with van der Waals surface area (Å²) in [4.78, 5) is 8.82. The monoisotopic (exact) mass is 579 g/mol. The van der Waals surface area contributed by atoms with Crippen molar-refractivity contribution < 1.29 is 8.42 Å². The minimum atomic E-state index is -3.83. The molecule has 0 spiro atoms. The highest BCUT2D eigenvalue weighted by Gasteiger charge is 2.18. The zero-order chi connectivity index (χ0) is 28.4. The number of nitrogen functional groups attached to an aromatic ring is 1. The van der Waals surface area contributed by atoms with E-state index in [1.165, 1.54) is 23.0 Å². The number of nitrogens with one attached hydrogen (secondary N) is 1. The Morgan fingerprint density at radius 2 is 1.61 bits per heavy atom. The van der Waals surface area contributed by atoms with Crippen LogP contribution >= 0.6 is 12.2 Å². The third-order valence-corrected chi connectivity index (χ3v) is 7.84. The van der Waals surface area contributed by atoms with Gasteiger partial charge in [-0.3, -0.25) is 4.72 Å². The number of anilines is 2. The molecule has 3 aromatic heterocycles. The molecule has 0 aliphatic rings. The maximum Gasteiger partial charge on any atom is 0.263 e. The number of pyridine rings is 1. The number of rotatable bonds is 7. The molecule has 0 aliphatic carbocycles. The van der Waals surface area contributed by atoms with Gasteiger partial charge in [0.15, 0.2) is 4.64 Å². The first-order chi connectivity index (χ1) is 19.9. The van der Waals surface area contributed by atoms with Crippen molar-refractivity contribution in [1.29, 1.82) is 0 Å². The maximum atomic E-state index is 12.7. The second kappa shape index (κ2) is 10.7. The first-order valence-corrected chi connectivity index (χ1v) is 14.2. The molecule has 0 amide bonds. The lowest BCUT2D eigenvalue weighted by Crippen LogP contribution is -2.13. The zero-order valence-corrected chi connectivity index (χ0v) is 22.9. The van der Waals surface area contributed by atoms with Gasteiger partial charge in [-0.2, -0.15) is 9.77 Å². The highest BCUT2D eigenvalue weighted by Crippen LogP contribution is 2.30. The van der Waals surface area contributed by atoms with Crippen LogP contribution in [0.4, 0.5) is 17.3 Å². The molecule has 3 N–H and O–H groups in total. The maximum absolute atomic E-state index is 12.7. The molecular formula is C28H21N9O2S2. The summed E-state index contributed by atoms with van der Waals surface area (Å²) in [6.45, 7) is 0. The predicted octanol–water partition coefficient (Wildman–Crippen LogP) is 5.94. The van der Waals surface area contributed by atoms with Crippen LogP contribution in [0.3, 0.4) is 0 Å². The number of aromatic nitrogens is 5. The van der Waals surface area contributed by atoms with Crippen LogP contribution < -0.4 is 10.5 Å². The molecule has 41 heavy (non-hydrogen) atoms. The second-order valence-electron chi connectivity index (χ2n) is 8.76. The summed E-state index contributed by atoms with van der Waals surface area (Å²) in [5.41, 5.74) is 9.96. The Labute approximate surface area is 239 Å². The summed E-state index contributed by atoms with van der Waals surface area (Å²) in [6, 6.07) is 27.8. The number of para-hydroxylation sites is 3. The summed E-state index contributed by atoms with van der Waals surface area (Å²) >= 11 is 5.79. The summed E-state index contributed by atoms with van der Waals surface area (Å²) < 4.78 is 31.3. The smallest absolute Gasteiger partial charge is 0.263 e. The van der Waals surface area contributed by atoms with Gasteiger partial charge in [-0.25, -0.2) is 23.1 Å². The summed E-state index contributed by atoms with van der Waals surface area (Å²) in [6.07, 6.45) is 3.12. The fourth-order valence-electron chi connectivity index (χ4n) is 4.10. The Bertz CT molecular complexity index is 2060. The molecule has 3 aromatic carbocycles. The van der Waals surface area contributed by atoms with Gasteiger partial charge in [0.25, 0.3) is 10.0 Å². The number of benzene rings is 3. The minimum absolute atomic E-state index is 0.0567. The van der Waals surface area contributed by atoms with Crippen molar-refractivity contribution in [3.8, 4) is 16.9 Å². The molecule has 0 aliphatic heterocycles. The molecule has 0 atom stereocenters. The fourth-order valence-corrected chi connectivity index (χ4v) is 5.40. The third-order valence-electron chi connectivity index (χ3n) is 6.10. The van der Waals surface area contributed by atoms with E-state index in [-0.39, 0.29) is 15.4 Å². The highest BCUT2D eigenvalue weighted by atomic mass is 32.2. The first kappa shape index (κ1) is 26.0. The van der Waals surface area contributed by atoms with Gasteiger partial charge in [0.2, 0.25) is 0 Å². The minimum Gasteiger partial charge on any atom is -0.383 e. The lowest BCUT2D eigenvalue weighted by molar-refractivity contribution is 0.601. The van der Waals surface area contributed by atoms with Crippen LogP contribution in [0.2, 0.25) is 0 Å². The largest absolute Gasteiger partial charge is 0.383 e. The predicted molar refractivity (Wildman–Crippen MR) is 159 cm³/mol. The number of nitrogens with two attached hydrogens (primary N) is 1. The van der Waals surface area contributed by atoms with Gasteiger partial charge in [0.05, 0.1) is 39.1 Å². The van der Waals surface area contributed by atoms with Crippen molar-refractivity contribution in [2.24, 2.45) is 10.3 Å². The van der Waals surface area contributed by atoms with Crippen molar-refractivity contribution in [2.45, 2.75) is 4.90 Å². The number of nitrogens with zero attached hydrogens (tertiary/aromatic N) is 7. The van der Waals surface area contributed by atoms with E-state index in [4.69, 9.17) is 22.9 Å². The molecule has 0 fully saturated rings. The number of hydrogen-bond donors (Lipinski definition) is 2. The Balaban J connectivity index is 1.35. The van der Waals surface area contributed by atoms with E-state index in [1.54, 1.807) is 41.2 Å². The number of sulfonamides is 1. The summed E-state index contributed by atoms with van der Waals surface area (Å²) in [7, 11) is -3.83. The van der Waals surface area contributed by atoms with Crippen LogP contribution in [0.1, 0.15) is 0 Å². The molecule has 6 aromatic rings. The van der Waals surface area contributed by atoms with E-state index in [9.17, 15) is 8.42 Å². The van der Waals surface area contributed by atoms with Crippen molar-refractivity contribution in [3.05, 3.63) is 114 Å². The van der Waals surface area contributed by atoms with Crippen LogP contribution in [-0.4, -0.2) is 32.8 Å². The second-order valence-corrected chi connectivity index (χ2v) is 10.8. The molecule has 202 valence electrons. The molecule has 0 bridgehead atoms. The van der Waals surface area contributed by atoms with Gasteiger partial charge >= 0.3 is 0 Å². The quantitative estimate of drug-likeness (QED) is 0.176. The van der Waals surface area contributed by atoms with E-state index in [0.717, 1.165) is 5.69 Å². The summed E-state index contributed by atoms with van der Waals surface area (Å²) in [5, 5.41) is 13.2. The fraction of sp³-hybridized carbons (Fsp3) is 0. The number of hydrogen-bond acceptors (Lipinski definition) is 9. The average Bonchev–Trinajstić information content (AvgIpc) is 3.38. The van der Waals surface area contributed by atoms with E-state index >= 15 is 0 Å². The van der Waals surface area contributed by atoms with Crippen molar-refractivity contribution in [3.63, 3.8) is 0 Å². The Morgan fingerprint density at radius 1 is 0.878 bits per heavy atom. The van der Waals surface area contributed by atoms with Crippen molar-refractivity contribution >= 4 is 50.6 Å². The van der Waals surface area contributed by atoms with Crippen LogP contribution in [0, 0.1) is 4.64 Å². The Kier molecular flexibility index (Phi) is 6.79. The van der Waals surface area contributed by atoms with E-state index < -0.39 is 10.0 Å². The zero-order valence-electron chi connectivity index (χ0n) is 21.2. The molecule has 3 heterocycles. The van der Waals surface area contributed by atoms with E-state index in [0.29, 0.717) is 33.8 Å². The Morgan fingerprint density at radius 3 is 2.37 bits per heavy atom. The molecule has 0 saturated carbocycles. The van der Waals surface area contributed by atoms with Gasteiger partial charge in [-0.1, -0.05) is 53.8 Å². The topological polar surface area (TPSA) is 145 Å². The van der Waals surface area contributed by atoms with Gasteiger partial charge < -0.3 is 5.73 Å². The highest BCUT2D eigenvalue weighted by molar-refractivity contribution is 7.92. The SMILES string of the molecule is Nc1c(-c2nc3ccccc3n(N=Nc3ccc(S(=O)(=O)Nc4ccccn4)cc3)c2=S)cnn1-c1ccccc1. The molecule has 6 rings (SSSR count). The van der Waals surface area contributed by atoms with E-state index in [2.05, 4.69) is 25.1 Å². The Hall–Kier alpha value is -5.27. The van der Waals surface area contributed by atoms with Gasteiger partial charge in [0, 0.05) is 6.20 Å².